The number of nitrogens with one attached hydrogen (secondary N) is 1. The van der Waals surface area contributed by atoms with Gasteiger partial charge in [0.05, 0.1) is 0 Å². The van der Waals surface area contributed by atoms with Crippen LogP contribution in [0, 0.1) is 42.6 Å². The van der Waals surface area contributed by atoms with E-state index in [1.807, 2.05) is 61.7 Å². The van der Waals surface area contributed by atoms with Gasteiger partial charge in [-0.25, -0.2) is 18.8 Å². The van der Waals surface area contributed by atoms with E-state index in [2.05, 4.69) is 182 Å². The van der Waals surface area contributed by atoms with E-state index in [0.717, 1.165) is 62.3 Å². The largest absolute Gasteiger partial charge is 0.563 e. The van der Waals surface area contributed by atoms with Crippen LogP contribution in [0.15, 0.2) is 134 Å². The van der Waals surface area contributed by atoms with Crippen molar-refractivity contribution in [3.63, 3.8) is 0 Å². The van der Waals surface area contributed by atoms with Crippen LogP contribution >= 0.6 is 0 Å². The topological polar surface area (TPSA) is 76.1 Å². The molecule has 0 aromatic heterocycles. The monoisotopic (exact) mass is 1620 g/mol. The first-order valence-corrected chi connectivity index (χ1v) is 32.7. The summed E-state index contributed by atoms with van der Waals surface area (Å²) in [6, 6.07) is 43.3. The summed E-state index contributed by atoms with van der Waals surface area (Å²) < 4.78 is 0. The third-order valence-electron chi connectivity index (χ3n) is 14.8. The van der Waals surface area contributed by atoms with Gasteiger partial charge < -0.3 is 47.6 Å². The van der Waals surface area contributed by atoms with Gasteiger partial charge in [0.15, 0.2) is 0 Å². The minimum absolute atomic E-state index is 0. The van der Waals surface area contributed by atoms with Crippen molar-refractivity contribution in [3.8, 4) is 0 Å². The number of likely N-dealkylation sites (tertiary alicyclic amines) is 3. The van der Waals surface area contributed by atoms with Crippen LogP contribution < -0.4 is 5.32 Å². The molecule has 7 nitrogen and oxygen atoms in total. The molecule has 8 rings (SSSR count). The van der Waals surface area contributed by atoms with Crippen LogP contribution in [0.3, 0.4) is 0 Å². The van der Waals surface area contributed by atoms with Gasteiger partial charge in [0.25, 0.3) is 0 Å². The van der Waals surface area contributed by atoms with Crippen LogP contribution in [-0.2, 0) is 199 Å². The van der Waals surface area contributed by atoms with Crippen molar-refractivity contribution < 1.29 is 178 Å². The summed E-state index contributed by atoms with van der Waals surface area (Å²) in [6.45, 7) is 40.1. The molecule has 4 aromatic carbocycles. The molecule has 0 atom stereocenters. The molecule has 13 heteroatoms. The van der Waals surface area contributed by atoms with Gasteiger partial charge in [-0.1, -0.05) is 205 Å². The Morgan fingerprint density at radius 2 is 0.767 bits per heavy atom. The molecule has 0 amide bonds. The Hall–Kier alpha value is 1.34. The third kappa shape index (κ3) is 65.3. The summed E-state index contributed by atoms with van der Waals surface area (Å²) in [7, 11) is 0. The van der Waals surface area contributed by atoms with Gasteiger partial charge >= 0.3 is 0 Å². The average Bonchev–Trinajstić information content (AvgIpc) is 3.75. The summed E-state index contributed by atoms with van der Waals surface area (Å²) in [5.41, 5.74) is 5.92. The summed E-state index contributed by atoms with van der Waals surface area (Å²) in [6.07, 6.45) is 30.2. The van der Waals surface area contributed by atoms with Crippen LogP contribution in [0.4, 0.5) is 0 Å². The predicted molar refractivity (Wildman–Crippen MR) is 379 cm³/mol. The predicted octanol–water partition coefficient (Wildman–Crippen LogP) is 18.8. The molecular formula is C77H131BN4O3Y5-5. The van der Waals surface area contributed by atoms with Gasteiger partial charge in [-0.3, -0.25) is 6.29 Å². The van der Waals surface area contributed by atoms with Gasteiger partial charge in [-0.05, 0) is 201 Å². The molecule has 0 bridgehead atoms. The number of nitrogens with zero attached hydrogens (tertiary/aromatic N) is 3. The van der Waals surface area contributed by atoms with Crippen molar-refractivity contribution in [2.75, 3.05) is 72.0 Å². The summed E-state index contributed by atoms with van der Waals surface area (Å²) in [5, 5.41) is 12.6. The van der Waals surface area contributed by atoms with Gasteiger partial charge in [-0.15, -0.1) is 12.8 Å². The molecule has 4 saturated heterocycles. The quantitative estimate of drug-likeness (QED) is 0.0519. The first kappa shape index (κ1) is 113. The Morgan fingerprint density at radius 3 is 1.00 bits per heavy atom. The summed E-state index contributed by atoms with van der Waals surface area (Å²) in [4.78, 5) is 26.6. The molecule has 500 valence electrons. The molecule has 4 aliphatic heterocycles. The number of carbonyl (C=O) groups excluding carboxylic acids is 2. The number of unbranched alkanes of at least 4 members (excludes halogenated alkanes) is 3. The summed E-state index contributed by atoms with van der Waals surface area (Å²) in [5.74, 6) is 3.46. The number of hydrogen-bond donors (Lipinski definition) is 2. The molecule has 0 unspecified atom stereocenters. The normalized spacial score (nSPS) is 14.2. The third-order valence-corrected chi connectivity index (χ3v) is 14.8. The molecule has 4 fully saturated rings. The SMILES string of the molecule is C.C.C=C[C-]=O.CC.CC.CC.CC.C[C-](O)CCN1CCC(Cc2ccccc2)CC1.C[CH-]CCC.C[CH-]CCN1CCC(Cc2ccccc2)CC1.O=[C-]CCN1CCC(Cc2ccccc2)CC1.[B].[Y].[Y].[Y].[Y].[Y].c1ccc(CC2CCNCC2)cc1. The van der Waals surface area contributed by atoms with E-state index < -0.39 is 0 Å². The number of hydrogen-bond acceptors (Lipinski definition) is 7. The van der Waals surface area contributed by atoms with Crippen LogP contribution in [0.1, 0.15) is 204 Å². The smallest absolute Gasteiger partial charge is 0 e. The fourth-order valence-corrected chi connectivity index (χ4v) is 10.2. The average molecular weight is 1620 g/mol. The van der Waals surface area contributed by atoms with Crippen LogP contribution in [-0.4, -0.2) is 113 Å². The molecule has 0 aliphatic carbocycles. The van der Waals surface area contributed by atoms with Crippen LogP contribution in [0.2, 0.25) is 0 Å². The first-order chi connectivity index (χ1) is 40.3. The van der Waals surface area contributed by atoms with Crippen LogP contribution in [0.25, 0.3) is 0 Å². The van der Waals surface area contributed by atoms with Crippen molar-refractivity contribution in [2.45, 2.75) is 207 Å². The number of benzene rings is 4. The molecule has 90 heavy (non-hydrogen) atoms. The van der Waals surface area contributed by atoms with Crippen molar-refractivity contribution in [1.82, 2.24) is 20.0 Å². The van der Waals surface area contributed by atoms with Crippen molar-refractivity contribution in [1.29, 1.82) is 0 Å². The zero-order valence-corrected chi connectivity index (χ0v) is 72.4. The van der Waals surface area contributed by atoms with Crippen LogP contribution in [0.5, 0.6) is 0 Å². The van der Waals surface area contributed by atoms with E-state index in [4.69, 9.17) is 4.79 Å². The standard InChI is InChI=1S/C16H24NO.C16H24N.C15H20NO.C12H17N.C5H11.C3H3O.4C2H6.2CH4.B.5Y/c1-14(18)7-10-17-11-8-16(9-12-17)13-15-5-3-2-4-6-15;1-2-3-11-17-12-9-16(10-13-17)14-15-7-5-4-6-8-15;17-12-4-9-16-10-7-15(8-11-16)13-14-5-2-1-3-6-14;1-2-4-11(5-3-1)10-12-6-8-13-9-7-12;1-3-5-4-2;1-2-3-4;4*1-2;;;;;;;;/h2-6,16,18H,7-13H2,1H3;2,4-8,16H,3,9-14H2,1H3;1-3,5-6,15H,4,7-11,13H2;1-5,12-13H,6-10H2;3H,4-5H2,1-2H3;2H,1H2;4*1-2H3;2*1H4;;;;;;/q3*-1;;2*-1;;;;;;;;;;;;. The minimum Gasteiger partial charge on any atom is -0.563 e. The van der Waals surface area contributed by atoms with Gasteiger partial charge in [0.2, 0.25) is 0 Å². The Labute approximate surface area is 687 Å². The maximum atomic E-state index is 10.2. The Bertz CT molecular complexity index is 1900. The van der Waals surface area contributed by atoms with Gasteiger partial charge in [0, 0.05) is 172 Å². The Kier molecular flexibility index (Phi) is 108. The fourth-order valence-electron chi connectivity index (χ4n) is 10.2. The Morgan fingerprint density at radius 1 is 0.500 bits per heavy atom. The molecule has 0 spiro atoms. The number of allylic oxidation sites excluding steroid dienone is 1. The van der Waals surface area contributed by atoms with E-state index in [1.54, 1.807) is 6.92 Å². The van der Waals surface area contributed by atoms with E-state index in [0.29, 0.717) is 12.5 Å². The van der Waals surface area contributed by atoms with Gasteiger partial charge in [-0.2, -0.15) is 33.6 Å². The first-order valence-electron chi connectivity index (χ1n) is 32.7. The molecular weight excluding hydrogens is 1480 g/mol. The second kappa shape index (κ2) is 86.4. The molecule has 0 saturated carbocycles. The van der Waals surface area contributed by atoms with Crippen molar-refractivity contribution in [2.24, 2.45) is 23.7 Å². The fraction of sp³-hybridized carbons (Fsp3) is 0.597. The second-order valence-corrected chi connectivity index (χ2v) is 20.9. The van der Waals surface area contributed by atoms with Crippen molar-refractivity contribution >= 4 is 21.0 Å². The number of rotatable bonds is 20. The van der Waals surface area contributed by atoms with E-state index in [-0.39, 0.29) is 187 Å². The molecule has 4 aliphatic rings. The molecule has 2 N–H and O–H groups in total. The zero-order valence-electron chi connectivity index (χ0n) is 58.2. The van der Waals surface area contributed by atoms with Crippen molar-refractivity contribution in [3.05, 3.63) is 175 Å². The molecule has 4 aromatic rings. The Balaban J connectivity index is -0.000000107. The van der Waals surface area contributed by atoms with E-state index in [1.165, 1.54) is 171 Å². The minimum atomic E-state index is 0. The number of aliphatic hydroxyl groups is 1. The summed E-state index contributed by atoms with van der Waals surface area (Å²) >= 11 is 0. The molecule has 8 radical (unpaired) electrons. The zero-order chi connectivity index (χ0) is 61.1. The van der Waals surface area contributed by atoms with E-state index >= 15 is 0 Å². The maximum absolute atomic E-state index is 10.2. The molecule has 4 heterocycles. The van der Waals surface area contributed by atoms with E-state index in [9.17, 15) is 9.90 Å². The van der Waals surface area contributed by atoms with Gasteiger partial charge in [0.1, 0.15) is 0 Å². The number of aliphatic hydroxyl groups excluding tert-OH is 1. The maximum Gasteiger partial charge on any atom is 0 e. The second-order valence-electron chi connectivity index (χ2n) is 20.9. The number of piperidine rings is 4.